The zero-order valence-electron chi connectivity index (χ0n) is 42.5. The molecule has 2 aliphatic heterocycles. The van der Waals surface area contributed by atoms with Crippen molar-refractivity contribution in [2.75, 3.05) is 6.54 Å². The van der Waals surface area contributed by atoms with Crippen molar-refractivity contribution in [3.63, 3.8) is 0 Å². The number of aromatic nitrogens is 3. The van der Waals surface area contributed by atoms with Crippen molar-refractivity contribution in [1.82, 2.24) is 35.6 Å². The van der Waals surface area contributed by atoms with Gasteiger partial charge in [-0.05, 0) is 110 Å². The zero-order valence-corrected chi connectivity index (χ0v) is 44.9. The van der Waals surface area contributed by atoms with Crippen LogP contribution in [0.3, 0.4) is 0 Å². The maximum Gasteiger partial charge on any atom is 0.287 e. The van der Waals surface area contributed by atoms with Crippen LogP contribution in [0.25, 0.3) is 26.4 Å². The molecule has 384 valence electrons. The summed E-state index contributed by atoms with van der Waals surface area (Å²) >= 11 is 9.62. The van der Waals surface area contributed by atoms with Gasteiger partial charge in [0.05, 0.1) is 24.3 Å². The van der Waals surface area contributed by atoms with Crippen molar-refractivity contribution in [3.8, 4) is 21.2 Å². The maximum atomic E-state index is 14.4. The first-order valence-corrected chi connectivity index (χ1v) is 27.0. The number of hydrogen-bond donors (Lipinski definition) is 4. The van der Waals surface area contributed by atoms with Gasteiger partial charge in [-0.3, -0.25) is 28.7 Å². The largest absolute Gasteiger partial charge is 0.490 e. The van der Waals surface area contributed by atoms with E-state index in [4.69, 9.17) is 25.7 Å². The lowest BCUT2D eigenvalue weighted by Gasteiger charge is -2.36. The summed E-state index contributed by atoms with van der Waals surface area (Å²) in [5.74, 6) is 0.305. The fourth-order valence-electron chi connectivity index (χ4n) is 10.1. The van der Waals surface area contributed by atoms with Crippen molar-refractivity contribution in [1.29, 1.82) is 0 Å². The van der Waals surface area contributed by atoms with Crippen LogP contribution >= 0.6 is 34.3 Å². The molecule has 0 radical (unpaired) electrons. The summed E-state index contributed by atoms with van der Waals surface area (Å²) in [6.07, 6.45) is 0.275. The molecule has 4 N–H and O–H groups in total. The van der Waals surface area contributed by atoms with Crippen molar-refractivity contribution in [3.05, 3.63) is 139 Å². The first kappa shape index (κ1) is 50.9. The molecule has 18 heteroatoms. The summed E-state index contributed by atoms with van der Waals surface area (Å²) in [6.45, 7) is 15.5. The number of amides is 4. The number of nitrogens with one attached hydrogen (secondary N) is 3. The highest BCUT2D eigenvalue weighted by Crippen LogP contribution is 2.40. The van der Waals surface area contributed by atoms with Crippen LogP contribution in [0.1, 0.15) is 120 Å². The Labute approximate surface area is 442 Å². The summed E-state index contributed by atoms with van der Waals surface area (Å²) < 4.78 is 14.4. The van der Waals surface area contributed by atoms with Gasteiger partial charge < -0.3 is 35.1 Å². The van der Waals surface area contributed by atoms with Gasteiger partial charge in [-0.1, -0.05) is 68.8 Å². The van der Waals surface area contributed by atoms with E-state index >= 15 is 0 Å². The maximum absolute atomic E-state index is 14.4. The molecule has 4 aromatic heterocycles. The Morgan fingerprint density at radius 1 is 0.919 bits per heavy atom. The van der Waals surface area contributed by atoms with Crippen molar-refractivity contribution >= 4 is 74.6 Å². The normalized spacial score (nSPS) is 20.2. The van der Waals surface area contributed by atoms with Crippen molar-refractivity contribution in [2.24, 2.45) is 10.4 Å². The summed E-state index contributed by atoms with van der Waals surface area (Å²) in [5.41, 5.74) is 6.69. The van der Waals surface area contributed by atoms with Crippen molar-refractivity contribution in [2.45, 2.75) is 123 Å². The number of carbonyl (C=O) groups excluding carboxylic acids is 4. The highest BCUT2D eigenvalue weighted by atomic mass is 35.5. The van der Waals surface area contributed by atoms with E-state index in [9.17, 15) is 24.3 Å². The highest BCUT2D eigenvalue weighted by molar-refractivity contribution is 7.15. The van der Waals surface area contributed by atoms with E-state index in [1.54, 1.807) is 46.9 Å². The van der Waals surface area contributed by atoms with E-state index in [1.165, 1.54) is 20.2 Å². The molecule has 3 aliphatic rings. The number of aliphatic imine (C=N–C) groups is 1. The molecule has 5 atom stereocenters. The van der Waals surface area contributed by atoms with Gasteiger partial charge in [0.15, 0.2) is 11.6 Å². The van der Waals surface area contributed by atoms with Crippen LogP contribution < -0.4 is 20.7 Å². The Kier molecular flexibility index (Phi) is 13.9. The van der Waals surface area contributed by atoms with Gasteiger partial charge in [0.1, 0.15) is 46.4 Å². The minimum absolute atomic E-state index is 0.00279. The van der Waals surface area contributed by atoms with Gasteiger partial charge in [0, 0.05) is 63.1 Å². The minimum atomic E-state index is -1.06. The lowest BCUT2D eigenvalue weighted by Crippen LogP contribution is -2.57. The first-order chi connectivity index (χ1) is 35.3. The molecule has 1 saturated heterocycles. The third-order valence-electron chi connectivity index (χ3n) is 14.4. The molecule has 7 aromatic rings. The Balaban J connectivity index is 0.754. The number of nitrogens with zero attached hydrogens (tertiary/aromatic N) is 5. The second-order valence-electron chi connectivity index (χ2n) is 20.8. The molecule has 3 aromatic carbocycles. The number of furan rings is 1. The quantitative estimate of drug-likeness (QED) is 0.0870. The molecular formula is C56H59ClN8O7S2. The topological polar surface area (TPSA) is 193 Å². The number of aliphatic hydroxyl groups is 1. The van der Waals surface area contributed by atoms with E-state index in [-0.39, 0.29) is 55.1 Å². The average Bonchev–Trinajstić information content (AvgIpc) is 4.19. The molecule has 15 nitrogen and oxygen atoms in total. The lowest BCUT2D eigenvalue weighted by atomic mass is 9.85. The number of fused-ring (bicyclic) bond motifs is 4. The predicted octanol–water partition coefficient (Wildman–Crippen LogP) is 9.68. The number of β-amino-alcohol motifs (C(OH)–C–C–N with tert-alkyl or cyclic N) is 1. The van der Waals surface area contributed by atoms with Gasteiger partial charge in [-0.15, -0.1) is 32.9 Å². The molecule has 0 bridgehead atoms. The van der Waals surface area contributed by atoms with Gasteiger partial charge in [-0.2, -0.15) is 0 Å². The van der Waals surface area contributed by atoms with E-state index in [0.29, 0.717) is 40.4 Å². The molecule has 1 aliphatic carbocycles. The standard InChI is InChI=1S/C56H59ClN8O7S2/c1-28-19-20-73-49(28)35-11-9-33(10-12-35)30(3)58-52(68)43-25-39(66)27-64(43)54(70)50(56(6,7)8)61-53(69)45-22-36-21-40(17-18-44(36)72-45)71-41-23-38(24-41)59-46(67)26-42-51-63-62-32(5)65(51)55-47(29(2)31(4)74-55)48(60-42)34-13-15-37(57)16-14-34/h9-22,30,38-39,41-43,50,66H,23-27H2,1-8H3,(H,58,68)(H,59,67)(H,61,69)/t30?,38-,39-,41+,42+,43+,50-/m1/s1. The molecule has 1 unspecified atom stereocenters. The number of hydrogen-bond acceptors (Lipinski definition) is 12. The number of aliphatic hydroxyl groups excluding tert-OH is 1. The summed E-state index contributed by atoms with van der Waals surface area (Å²) in [6, 6.07) is 21.6. The number of aryl methyl sites for hydroxylation is 3. The molecule has 10 rings (SSSR count). The van der Waals surface area contributed by atoms with Crippen LogP contribution in [0.15, 0.2) is 93.7 Å². The van der Waals surface area contributed by atoms with Gasteiger partial charge in [0.2, 0.25) is 17.7 Å². The molecule has 4 amide bonds. The van der Waals surface area contributed by atoms with E-state index in [2.05, 4.69) is 58.4 Å². The average molecular weight is 1060 g/mol. The molecule has 0 spiro atoms. The van der Waals surface area contributed by atoms with E-state index < -0.39 is 41.5 Å². The molecule has 6 heterocycles. The molecule has 74 heavy (non-hydrogen) atoms. The Bertz CT molecular complexity index is 3330. The predicted molar refractivity (Wildman–Crippen MR) is 288 cm³/mol. The summed E-state index contributed by atoms with van der Waals surface area (Å²) in [7, 11) is 0. The lowest BCUT2D eigenvalue weighted by molar-refractivity contribution is -0.142. The summed E-state index contributed by atoms with van der Waals surface area (Å²) in [5, 5.41) is 33.2. The fraction of sp³-hybridized carbons (Fsp3) is 0.375. The number of thiophene rings is 2. The number of halogens is 1. The number of benzene rings is 3. The Morgan fingerprint density at radius 3 is 2.35 bits per heavy atom. The second-order valence-corrected chi connectivity index (χ2v) is 23.4. The van der Waals surface area contributed by atoms with Crippen LogP contribution in [-0.2, 0) is 14.4 Å². The van der Waals surface area contributed by atoms with Crippen LogP contribution in [0.2, 0.25) is 5.02 Å². The first-order valence-electron chi connectivity index (χ1n) is 24.9. The highest BCUT2D eigenvalue weighted by Gasteiger charge is 2.45. The minimum Gasteiger partial charge on any atom is -0.490 e. The van der Waals surface area contributed by atoms with Crippen LogP contribution in [-0.4, -0.2) is 91.0 Å². The number of rotatable bonds is 13. The zero-order chi connectivity index (χ0) is 52.3. The smallest absolute Gasteiger partial charge is 0.287 e. The number of carbonyl (C=O) groups is 4. The van der Waals surface area contributed by atoms with Gasteiger partial charge >= 0.3 is 0 Å². The Hall–Kier alpha value is -6.66. The summed E-state index contributed by atoms with van der Waals surface area (Å²) in [4.78, 5) is 64.8. The SMILES string of the molecule is Cc1ccsc1-c1ccc(C(C)NC(=O)[C@@H]2C[C@@H](O)CN2C(=O)[C@@H](NC(=O)c2cc3cc(O[C@H]4C[C@@H](NC(=O)C[C@@H]5N=C(c6ccc(Cl)cc6)c6c(sc(C)c6C)-n6c(C)nnc65)C4)ccc3o2)C(C)(C)C)cc1. The third kappa shape index (κ3) is 10.1. The molecule has 2 fully saturated rings. The monoisotopic (exact) mass is 1050 g/mol. The van der Waals surface area contributed by atoms with Gasteiger partial charge in [0.25, 0.3) is 5.91 Å². The molecular weight excluding hydrogens is 996 g/mol. The third-order valence-corrected chi connectivity index (χ3v) is 16.9. The van der Waals surface area contributed by atoms with Crippen LogP contribution in [0, 0.1) is 33.1 Å². The fourth-order valence-corrected chi connectivity index (χ4v) is 12.4. The van der Waals surface area contributed by atoms with E-state index in [0.717, 1.165) is 44.4 Å². The van der Waals surface area contributed by atoms with Crippen LogP contribution in [0.5, 0.6) is 5.75 Å². The van der Waals surface area contributed by atoms with Gasteiger partial charge in [-0.25, -0.2) is 0 Å². The van der Waals surface area contributed by atoms with Crippen molar-refractivity contribution < 1.29 is 33.4 Å². The van der Waals surface area contributed by atoms with Crippen LogP contribution in [0.4, 0.5) is 0 Å². The second kappa shape index (κ2) is 20.2. The number of ether oxygens (including phenoxy) is 1. The molecule has 1 saturated carbocycles. The number of likely N-dealkylation sites (tertiary alicyclic amines) is 1. The van der Waals surface area contributed by atoms with E-state index in [1.807, 2.05) is 87.7 Å². The Morgan fingerprint density at radius 2 is 1.65 bits per heavy atom.